The van der Waals surface area contributed by atoms with E-state index in [1.165, 1.54) is 0 Å². The second-order valence-corrected chi connectivity index (χ2v) is 3.02. The maximum atomic E-state index is 11.7. The molecule has 0 radical (unpaired) electrons. The Bertz CT molecular complexity index is 182. The van der Waals surface area contributed by atoms with Gasteiger partial charge in [0.2, 0.25) is 0 Å². The molecule has 1 rings (SSSR count). The van der Waals surface area contributed by atoms with Crippen LogP contribution in [0.5, 0.6) is 0 Å². The van der Waals surface area contributed by atoms with Crippen LogP contribution in [0.3, 0.4) is 0 Å². The van der Waals surface area contributed by atoms with E-state index in [0.29, 0.717) is 0 Å². The highest BCUT2D eigenvalue weighted by Crippen LogP contribution is 2.02. The molecule has 12 heavy (non-hydrogen) atoms. The molecule has 0 saturated heterocycles. The topological polar surface area (TPSA) is 4.93 Å². The molecule has 0 aliphatic carbocycles. The lowest BCUT2D eigenvalue weighted by molar-refractivity contribution is 0.448. The Morgan fingerprint density at radius 3 is 2.25 bits per heavy atom. The Hall–Kier alpha value is -0.790. The van der Waals surface area contributed by atoms with Crippen molar-refractivity contribution in [1.29, 1.82) is 0 Å². The van der Waals surface area contributed by atoms with Crippen LogP contribution in [0.25, 0.3) is 0 Å². The van der Waals surface area contributed by atoms with E-state index in [4.69, 9.17) is 0 Å². The van der Waals surface area contributed by atoms with Crippen molar-refractivity contribution in [1.82, 2.24) is 4.57 Å². The van der Waals surface area contributed by atoms with Crippen LogP contribution in [0.1, 0.15) is 25.7 Å². The molecule has 2 heteroatoms. The first kappa shape index (κ1) is 9.30. The molecule has 0 unspecified atom stereocenters. The van der Waals surface area contributed by atoms with Crippen molar-refractivity contribution in [2.24, 2.45) is 0 Å². The fraction of sp³-hybridized carbons (Fsp3) is 0.600. The molecule has 0 N–H and O–H groups in total. The monoisotopic (exact) mass is 169 g/mol. The van der Waals surface area contributed by atoms with Crippen molar-refractivity contribution in [3.8, 4) is 0 Å². The number of aryl methyl sites for hydroxylation is 1. The zero-order valence-electron chi connectivity index (χ0n) is 7.38. The van der Waals surface area contributed by atoms with Gasteiger partial charge in [-0.2, -0.15) is 0 Å². The number of rotatable bonds is 6. The van der Waals surface area contributed by atoms with Crippen molar-refractivity contribution in [2.75, 3.05) is 6.67 Å². The average Bonchev–Trinajstić information content (AvgIpc) is 2.57. The van der Waals surface area contributed by atoms with Crippen LogP contribution in [0.2, 0.25) is 0 Å². The molecule has 1 nitrogen and oxygen atoms in total. The highest BCUT2D eigenvalue weighted by molar-refractivity contribution is 4.89. The molecule has 68 valence electrons. The molecule has 0 spiro atoms. The Balaban J connectivity index is 1.96. The Morgan fingerprint density at radius 2 is 1.58 bits per heavy atom. The van der Waals surface area contributed by atoms with E-state index in [-0.39, 0.29) is 6.67 Å². The molecule has 0 amide bonds. The minimum atomic E-state index is -0.163. The van der Waals surface area contributed by atoms with Gasteiger partial charge < -0.3 is 4.57 Å². The number of halogens is 1. The SMILES string of the molecule is FCCCCCCn1cccc1. The van der Waals surface area contributed by atoms with E-state index in [2.05, 4.69) is 17.0 Å². The third kappa shape index (κ3) is 3.56. The predicted octanol–water partition coefficient (Wildman–Crippen LogP) is 3.02. The first-order valence-electron chi connectivity index (χ1n) is 4.60. The molecular weight excluding hydrogens is 153 g/mol. The quantitative estimate of drug-likeness (QED) is 0.577. The summed E-state index contributed by atoms with van der Waals surface area (Å²) >= 11 is 0. The summed E-state index contributed by atoms with van der Waals surface area (Å²) in [4.78, 5) is 0. The zero-order valence-corrected chi connectivity index (χ0v) is 7.38. The molecule has 0 fully saturated rings. The molecule has 0 aromatic carbocycles. The molecule has 0 aliphatic heterocycles. The third-order valence-electron chi connectivity index (χ3n) is 1.97. The number of alkyl halides is 1. The van der Waals surface area contributed by atoms with Crippen molar-refractivity contribution < 1.29 is 4.39 Å². The van der Waals surface area contributed by atoms with Crippen LogP contribution in [-0.4, -0.2) is 11.2 Å². The smallest absolute Gasteiger partial charge is 0.0894 e. The van der Waals surface area contributed by atoms with E-state index in [9.17, 15) is 4.39 Å². The second-order valence-electron chi connectivity index (χ2n) is 3.02. The summed E-state index contributed by atoms with van der Waals surface area (Å²) in [6.07, 6.45) is 8.19. The van der Waals surface area contributed by atoms with E-state index in [0.717, 1.165) is 32.2 Å². The van der Waals surface area contributed by atoms with Crippen molar-refractivity contribution >= 4 is 0 Å². The van der Waals surface area contributed by atoms with Gasteiger partial charge in [-0.3, -0.25) is 4.39 Å². The number of hydrogen-bond acceptors (Lipinski definition) is 0. The van der Waals surface area contributed by atoms with E-state index < -0.39 is 0 Å². The zero-order chi connectivity index (χ0) is 8.65. The first-order valence-corrected chi connectivity index (χ1v) is 4.60. The van der Waals surface area contributed by atoms with Gasteiger partial charge in [0.15, 0.2) is 0 Å². The summed E-state index contributed by atoms with van der Waals surface area (Å²) in [6, 6.07) is 4.06. The molecular formula is C10H16FN. The van der Waals surface area contributed by atoms with Crippen LogP contribution in [0, 0.1) is 0 Å². The number of aromatic nitrogens is 1. The van der Waals surface area contributed by atoms with Crippen LogP contribution in [-0.2, 0) is 6.54 Å². The summed E-state index contributed by atoms with van der Waals surface area (Å²) < 4.78 is 13.9. The normalized spacial score (nSPS) is 10.4. The molecule has 0 bridgehead atoms. The lowest BCUT2D eigenvalue weighted by Gasteiger charge is -2.01. The Kier molecular flexibility index (Phi) is 4.50. The maximum Gasteiger partial charge on any atom is 0.0894 e. The van der Waals surface area contributed by atoms with E-state index in [1.54, 1.807) is 0 Å². The predicted molar refractivity (Wildman–Crippen MR) is 48.9 cm³/mol. The summed E-state index contributed by atoms with van der Waals surface area (Å²) in [5.74, 6) is 0. The van der Waals surface area contributed by atoms with Crippen LogP contribution in [0.15, 0.2) is 24.5 Å². The van der Waals surface area contributed by atoms with Gasteiger partial charge in [-0.25, -0.2) is 0 Å². The molecule has 1 aromatic rings. The highest BCUT2D eigenvalue weighted by Gasteiger charge is 1.90. The summed E-state index contributed by atoms with van der Waals surface area (Å²) in [5.41, 5.74) is 0. The molecule has 1 aromatic heterocycles. The van der Waals surface area contributed by atoms with E-state index in [1.807, 2.05) is 12.1 Å². The highest BCUT2D eigenvalue weighted by atomic mass is 19.1. The van der Waals surface area contributed by atoms with Gasteiger partial charge in [-0.1, -0.05) is 12.8 Å². The van der Waals surface area contributed by atoms with Gasteiger partial charge in [-0.15, -0.1) is 0 Å². The van der Waals surface area contributed by atoms with Crippen molar-refractivity contribution in [2.45, 2.75) is 32.2 Å². The van der Waals surface area contributed by atoms with Gasteiger partial charge >= 0.3 is 0 Å². The lowest BCUT2D eigenvalue weighted by atomic mass is 10.2. The van der Waals surface area contributed by atoms with Gasteiger partial charge in [0, 0.05) is 18.9 Å². The minimum absolute atomic E-state index is 0.163. The Morgan fingerprint density at radius 1 is 0.917 bits per heavy atom. The lowest BCUT2D eigenvalue weighted by Crippen LogP contribution is -1.93. The van der Waals surface area contributed by atoms with Crippen LogP contribution in [0.4, 0.5) is 4.39 Å². The number of hydrogen-bond donors (Lipinski definition) is 0. The fourth-order valence-electron chi connectivity index (χ4n) is 1.26. The molecule has 0 aliphatic rings. The minimum Gasteiger partial charge on any atom is -0.354 e. The van der Waals surface area contributed by atoms with Crippen molar-refractivity contribution in [3.05, 3.63) is 24.5 Å². The van der Waals surface area contributed by atoms with Crippen LogP contribution >= 0.6 is 0 Å². The second kappa shape index (κ2) is 5.81. The number of unbranched alkanes of at least 4 members (excludes halogenated alkanes) is 3. The average molecular weight is 169 g/mol. The largest absolute Gasteiger partial charge is 0.354 e. The molecule has 0 saturated carbocycles. The maximum absolute atomic E-state index is 11.7. The summed E-state index contributed by atoms with van der Waals surface area (Å²) in [6.45, 7) is 0.906. The van der Waals surface area contributed by atoms with Gasteiger partial charge in [-0.05, 0) is 25.0 Å². The van der Waals surface area contributed by atoms with Crippen molar-refractivity contribution in [3.63, 3.8) is 0 Å². The standard InChI is InChI=1S/C10H16FN/c11-7-3-1-2-4-8-12-9-5-6-10-12/h5-6,9-10H,1-4,7-8H2. The molecule has 1 heterocycles. The van der Waals surface area contributed by atoms with Gasteiger partial charge in [0.05, 0.1) is 6.67 Å². The summed E-state index contributed by atoms with van der Waals surface area (Å²) in [7, 11) is 0. The first-order chi connectivity index (χ1) is 5.93. The Labute approximate surface area is 73.2 Å². The summed E-state index contributed by atoms with van der Waals surface area (Å²) in [5, 5.41) is 0. The van der Waals surface area contributed by atoms with Crippen LogP contribution < -0.4 is 0 Å². The van der Waals surface area contributed by atoms with Gasteiger partial charge in [0.1, 0.15) is 0 Å². The third-order valence-corrected chi connectivity index (χ3v) is 1.97. The number of nitrogens with zero attached hydrogens (tertiary/aromatic N) is 1. The van der Waals surface area contributed by atoms with Gasteiger partial charge in [0.25, 0.3) is 0 Å². The molecule has 0 atom stereocenters. The van der Waals surface area contributed by atoms with E-state index >= 15 is 0 Å². The fourth-order valence-corrected chi connectivity index (χ4v) is 1.26.